The second-order valence-corrected chi connectivity index (χ2v) is 7.47. The van der Waals surface area contributed by atoms with Crippen molar-refractivity contribution in [2.24, 2.45) is 11.8 Å². The van der Waals surface area contributed by atoms with Gasteiger partial charge in [-0.3, -0.25) is 14.3 Å². The summed E-state index contributed by atoms with van der Waals surface area (Å²) in [6.45, 7) is 10.9. The van der Waals surface area contributed by atoms with Gasteiger partial charge in [-0.05, 0) is 44.0 Å². The zero-order valence-corrected chi connectivity index (χ0v) is 16.7. The molecule has 1 amide bonds. The Bertz CT molecular complexity index is 591. The number of ketones is 1. The normalized spacial score (nSPS) is 16.0. The maximum absolute atomic E-state index is 12.1. The molecule has 25 heavy (non-hydrogen) atoms. The Morgan fingerprint density at radius 3 is 2.08 bits per heavy atom. The molecular weight excluding hydrogens is 336 g/mol. The van der Waals surface area contributed by atoms with E-state index >= 15 is 0 Å². The molecule has 0 bridgehead atoms. The van der Waals surface area contributed by atoms with E-state index in [1.165, 1.54) is 0 Å². The summed E-state index contributed by atoms with van der Waals surface area (Å²) in [6, 6.07) is 7.40. The number of benzene rings is 1. The van der Waals surface area contributed by atoms with Crippen LogP contribution in [0.5, 0.6) is 0 Å². The number of nitrogens with one attached hydrogen (secondary N) is 1. The van der Waals surface area contributed by atoms with Crippen LogP contribution in [0, 0.1) is 11.8 Å². The van der Waals surface area contributed by atoms with Crippen LogP contribution in [0.3, 0.4) is 0 Å². The minimum Gasteiger partial charge on any atom is -0.371 e. The topological polar surface area (TPSA) is 66.5 Å². The van der Waals surface area contributed by atoms with E-state index in [0.717, 1.165) is 31.6 Å². The van der Waals surface area contributed by atoms with Crippen LogP contribution in [0.2, 0.25) is 0 Å². The van der Waals surface area contributed by atoms with Gasteiger partial charge in [0.15, 0.2) is 11.0 Å². The summed E-state index contributed by atoms with van der Waals surface area (Å²) in [4.78, 5) is 25.8. The first-order valence-corrected chi connectivity index (χ1v) is 10.1. The molecule has 1 saturated heterocycles. The fourth-order valence-corrected chi connectivity index (χ4v) is 3.51. The summed E-state index contributed by atoms with van der Waals surface area (Å²) in [5, 5.41) is 0. The van der Waals surface area contributed by atoms with E-state index in [-0.39, 0.29) is 23.5 Å². The summed E-state index contributed by atoms with van der Waals surface area (Å²) in [5.41, 5.74) is 1.06. The van der Waals surface area contributed by atoms with Crippen LogP contribution in [-0.4, -0.2) is 29.0 Å². The third kappa shape index (κ3) is 6.27. The molecule has 0 spiro atoms. The molecule has 1 aromatic carbocycles. The van der Waals surface area contributed by atoms with Gasteiger partial charge >= 0.3 is 0 Å². The van der Waals surface area contributed by atoms with Crippen LogP contribution in [0.25, 0.3) is 0 Å². The van der Waals surface area contributed by atoms with E-state index in [1.54, 1.807) is 32.9 Å². The summed E-state index contributed by atoms with van der Waals surface area (Å²) in [5.74, 6) is 0.0417. The molecule has 5 nitrogen and oxygen atoms in total. The molecule has 0 aliphatic carbocycles. The second-order valence-electron chi connectivity index (χ2n) is 6.26. The highest BCUT2D eigenvalue weighted by molar-refractivity contribution is 7.83. The second kappa shape index (κ2) is 10.3. The standard InChI is InChI=1S/C17H24N2O3S.C2H6/c1-12(2)17(21)18-23(22)16-6-4-15(5-7-16)19-10-8-14(9-11-19)13(3)20;1-2/h4-7,12,14H,8-11H2,1-3H3,(H,18,21);1-2H3. The number of anilines is 1. The van der Waals surface area contributed by atoms with Crippen molar-refractivity contribution >= 4 is 28.4 Å². The lowest BCUT2D eigenvalue weighted by molar-refractivity contribution is -0.122. The maximum atomic E-state index is 12.1. The monoisotopic (exact) mass is 366 g/mol. The Labute approximate surface area is 153 Å². The van der Waals surface area contributed by atoms with Gasteiger partial charge in [0, 0.05) is 30.6 Å². The average Bonchev–Trinajstić information content (AvgIpc) is 2.63. The van der Waals surface area contributed by atoms with E-state index in [4.69, 9.17) is 0 Å². The summed E-state index contributed by atoms with van der Waals surface area (Å²) in [6.07, 6.45) is 1.76. The lowest BCUT2D eigenvalue weighted by atomic mass is 9.93. The first-order chi connectivity index (χ1) is 11.9. The highest BCUT2D eigenvalue weighted by Crippen LogP contribution is 2.24. The van der Waals surface area contributed by atoms with Gasteiger partial charge < -0.3 is 4.90 Å². The predicted molar refractivity (Wildman–Crippen MR) is 103 cm³/mol. The highest BCUT2D eigenvalue weighted by Gasteiger charge is 2.22. The maximum Gasteiger partial charge on any atom is 0.234 e. The van der Waals surface area contributed by atoms with Crippen molar-refractivity contribution in [3.8, 4) is 0 Å². The van der Waals surface area contributed by atoms with Gasteiger partial charge in [-0.1, -0.05) is 27.7 Å². The molecule has 0 saturated carbocycles. The molecule has 1 heterocycles. The average molecular weight is 367 g/mol. The molecule has 1 atom stereocenters. The van der Waals surface area contributed by atoms with Crippen LogP contribution in [-0.2, 0) is 20.6 Å². The summed E-state index contributed by atoms with van der Waals surface area (Å²) < 4.78 is 14.6. The number of carbonyl (C=O) groups is 2. The molecule has 0 radical (unpaired) electrons. The van der Waals surface area contributed by atoms with Gasteiger partial charge in [0.05, 0.1) is 4.90 Å². The van der Waals surface area contributed by atoms with Crippen molar-refractivity contribution in [2.45, 2.75) is 52.4 Å². The lowest BCUT2D eigenvalue weighted by Crippen LogP contribution is -2.35. The zero-order valence-electron chi connectivity index (χ0n) is 15.9. The molecule has 2 rings (SSSR count). The summed E-state index contributed by atoms with van der Waals surface area (Å²) in [7, 11) is -1.52. The van der Waals surface area contributed by atoms with Crippen molar-refractivity contribution in [1.29, 1.82) is 0 Å². The predicted octanol–water partition coefficient (Wildman–Crippen LogP) is 3.31. The van der Waals surface area contributed by atoms with Crippen LogP contribution in [0.15, 0.2) is 29.2 Å². The van der Waals surface area contributed by atoms with Gasteiger partial charge in [-0.25, -0.2) is 4.21 Å². The van der Waals surface area contributed by atoms with Crippen molar-refractivity contribution in [2.75, 3.05) is 18.0 Å². The van der Waals surface area contributed by atoms with Gasteiger partial charge in [-0.2, -0.15) is 0 Å². The Morgan fingerprint density at radius 2 is 1.64 bits per heavy atom. The first-order valence-electron chi connectivity index (χ1n) is 8.96. The van der Waals surface area contributed by atoms with E-state index in [0.29, 0.717) is 4.90 Å². The molecule has 140 valence electrons. The number of hydrogen-bond acceptors (Lipinski definition) is 4. The quantitative estimate of drug-likeness (QED) is 0.868. The van der Waals surface area contributed by atoms with Crippen LogP contribution in [0.4, 0.5) is 5.69 Å². The minimum absolute atomic E-state index is 0.185. The first kappa shape index (κ1) is 21.4. The molecule has 1 aromatic rings. The highest BCUT2D eigenvalue weighted by atomic mass is 32.2. The van der Waals surface area contributed by atoms with Gasteiger partial charge in [0.25, 0.3) is 0 Å². The Balaban J connectivity index is 0.00000151. The smallest absolute Gasteiger partial charge is 0.234 e. The number of rotatable bonds is 5. The van der Waals surface area contributed by atoms with E-state index in [2.05, 4.69) is 9.62 Å². The number of hydrogen-bond donors (Lipinski definition) is 1. The molecule has 1 N–H and O–H groups in total. The van der Waals surface area contributed by atoms with Gasteiger partial charge in [-0.15, -0.1) is 0 Å². The van der Waals surface area contributed by atoms with Crippen molar-refractivity contribution in [3.05, 3.63) is 24.3 Å². The largest absolute Gasteiger partial charge is 0.371 e. The SMILES string of the molecule is CC.CC(=O)C1CCN(c2ccc(S(=O)NC(=O)C(C)C)cc2)CC1. The lowest BCUT2D eigenvalue weighted by Gasteiger charge is -2.32. The summed E-state index contributed by atoms with van der Waals surface area (Å²) >= 11 is 0. The Morgan fingerprint density at radius 1 is 1.12 bits per heavy atom. The molecule has 1 unspecified atom stereocenters. The van der Waals surface area contributed by atoms with E-state index in [1.807, 2.05) is 26.0 Å². The molecular formula is C19H30N2O3S. The number of piperidine rings is 1. The molecule has 6 heteroatoms. The fourth-order valence-electron chi connectivity index (χ4n) is 2.59. The third-order valence-electron chi connectivity index (χ3n) is 4.20. The van der Waals surface area contributed by atoms with Crippen molar-refractivity contribution < 1.29 is 13.8 Å². The van der Waals surface area contributed by atoms with E-state index in [9.17, 15) is 13.8 Å². The van der Waals surface area contributed by atoms with Crippen molar-refractivity contribution in [1.82, 2.24) is 4.72 Å². The van der Waals surface area contributed by atoms with Crippen LogP contribution in [0.1, 0.15) is 47.5 Å². The fraction of sp³-hybridized carbons (Fsp3) is 0.579. The zero-order chi connectivity index (χ0) is 19.0. The Hall–Kier alpha value is -1.69. The number of carbonyl (C=O) groups excluding carboxylic acids is 2. The number of Topliss-reactive ketones (excluding diaryl/α,β-unsaturated/α-hetero) is 1. The van der Waals surface area contributed by atoms with Crippen LogP contribution >= 0.6 is 0 Å². The van der Waals surface area contributed by atoms with Gasteiger partial charge in [0.2, 0.25) is 5.91 Å². The third-order valence-corrected chi connectivity index (χ3v) is 5.29. The molecule has 1 fully saturated rings. The number of amides is 1. The molecule has 0 aromatic heterocycles. The van der Waals surface area contributed by atoms with Crippen molar-refractivity contribution in [3.63, 3.8) is 0 Å². The van der Waals surface area contributed by atoms with Gasteiger partial charge in [0.1, 0.15) is 5.78 Å². The van der Waals surface area contributed by atoms with E-state index < -0.39 is 11.0 Å². The molecule has 1 aliphatic rings. The molecule has 1 aliphatic heterocycles. The minimum atomic E-state index is -1.52. The van der Waals surface area contributed by atoms with Crippen LogP contribution < -0.4 is 9.62 Å². The Kier molecular flexibility index (Phi) is 8.83. The number of nitrogens with zero attached hydrogens (tertiary/aromatic N) is 1.